The number of rotatable bonds is 3. The third-order valence-electron chi connectivity index (χ3n) is 2.95. The summed E-state index contributed by atoms with van der Waals surface area (Å²) in [5, 5.41) is 4.19. The number of carbonyl (C=O) groups excluding carboxylic acids is 1. The Kier molecular flexibility index (Phi) is 3.85. The van der Waals surface area contributed by atoms with Gasteiger partial charge in [0.25, 0.3) is 5.91 Å². The van der Waals surface area contributed by atoms with E-state index in [1.807, 2.05) is 0 Å². The van der Waals surface area contributed by atoms with Crippen molar-refractivity contribution in [3.8, 4) is 5.69 Å². The molecule has 106 valence electrons. The summed E-state index contributed by atoms with van der Waals surface area (Å²) in [6.45, 7) is 1.71. The van der Waals surface area contributed by atoms with Gasteiger partial charge in [0.2, 0.25) is 0 Å². The molecule has 0 aliphatic rings. The Morgan fingerprint density at radius 2 is 2.10 bits per heavy atom. The molecular weight excluding hydrogens is 259 g/mol. The van der Waals surface area contributed by atoms with Gasteiger partial charge in [-0.25, -0.2) is 9.07 Å². The Labute approximate surface area is 116 Å². The molecular formula is C14H17FN4O. The van der Waals surface area contributed by atoms with E-state index in [-0.39, 0.29) is 11.7 Å². The molecule has 0 fully saturated rings. The molecule has 1 aromatic heterocycles. The SMILES string of the molecule is C[C@@H](N)c1c(F)cccc1-n1ccc(C(=O)N(C)C)n1. The van der Waals surface area contributed by atoms with Crippen molar-refractivity contribution in [1.82, 2.24) is 14.7 Å². The maximum Gasteiger partial charge on any atom is 0.273 e. The lowest BCUT2D eigenvalue weighted by molar-refractivity contribution is 0.0821. The fourth-order valence-electron chi connectivity index (χ4n) is 1.98. The third-order valence-corrected chi connectivity index (χ3v) is 2.95. The molecule has 1 aromatic carbocycles. The molecule has 2 rings (SSSR count). The molecule has 1 heterocycles. The van der Waals surface area contributed by atoms with Crippen LogP contribution in [0.3, 0.4) is 0 Å². The molecule has 5 nitrogen and oxygen atoms in total. The minimum atomic E-state index is -0.469. The predicted molar refractivity (Wildman–Crippen MR) is 74.1 cm³/mol. The topological polar surface area (TPSA) is 64.2 Å². The zero-order valence-corrected chi connectivity index (χ0v) is 11.7. The smallest absolute Gasteiger partial charge is 0.273 e. The third kappa shape index (κ3) is 2.55. The second kappa shape index (κ2) is 5.42. The van der Waals surface area contributed by atoms with Crippen LogP contribution >= 0.6 is 0 Å². The number of nitrogens with two attached hydrogens (primary N) is 1. The zero-order chi connectivity index (χ0) is 14.9. The van der Waals surface area contributed by atoms with E-state index >= 15 is 0 Å². The first-order valence-electron chi connectivity index (χ1n) is 6.23. The highest BCUT2D eigenvalue weighted by molar-refractivity contribution is 5.91. The van der Waals surface area contributed by atoms with E-state index in [4.69, 9.17) is 5.73 Å². The van der Waals surface area contributed by atoms with Crippen LogP contribution in [0.2, 0.25) is 0 Å². The first-order valence-corrected chi connectivity index (χ1v) is 6.23. The number of benzene rings is 1. The van der Waals surface area contributed by atoms with Gasteiger partial charge in [0.05, 0.1) is 5.69 Å². The molecule has 0 saturated carbocycles. The number of halogens is 1. The second-order valence-electron chi connectivity index (χ2n) is 4.81. The van der Waals surface area contributed by atoms with Crippen LogP contribution in [0.5, 0.6) is 0 Å². The average Bonchev–Trinajstić information content (AvgIpc) is 2.86. The van der Waals surface area contributed by atoms with Crippen molar-refractivity contribution >= 4 is 5.91 Å². The summed E-state index contributed by atoms with van der Waals surface area (Å²) in [5.74, 6) is -0.587. The minimum absolute atomic E-state index is 0.206. The van der Waals surface area contributed by atoms with Crippen LogP contribution in [0.25, 0.3) is 5.69 Å². The highest BCUT2D eigenvalue weighted by atomic mass is 19.1. The molecule has 20 heavy (non-hydrogen) atoms. The van der Waals surface area contributed by atoms with E-state index in [9.17, 15) is 9.18 Å². The van der Waals surface area contributed by atoms with Crippen molar-refractivity contribution in [2.45, 2.75) is 13.0 Å². The van der Waals surface area contributed by atoms with Gasteiger partial charge in [-0.3, -0.25) is 4.79 Å². The summed E-state index contributed by atoms with van der Waals surface area (Å²) in [7, 11) is 3.30. The van der Waals surface area contributed by atoms with E-state index in [1.54, 1.807) is 45.4 Å². The molecule has 0 aliphatic carbocycles. The fraction of sp³-hybridized carbons (Fsp3) is 0.286. The molecule has 0 bridgehead atoms. The number of hydrogen-bond acceptors (Lipinski definition) is 3. The number of nitrogens with zero attached hydrogens (tertiary/aromatic N) is 3. The molecule has 0 spiro atoms. The Morgan fingerprint density at radius 3 is 2.70 bits per heavy atom. The van der Waals surface area contributed by atoms with Crippen LogP contribution in [-0.4, -0.2) is 34.7 Å². The summed E-state index contributed by atoms with van der Waals surface area (Å²) < 4.78 is 15.4. The van der Waals surface area contributed by atoms with Crippen LogP contribution in [0.15, 0.2) is 30.5 Å². The van der Waals surface area contributed by atoms with Crippen molar-refractivity contribution in [2.24, 2.45) is 5.73 Å². The van der Waals surface area contributed by atoms with Gasteiger partial charge in [-0.15, -0.1) is 0 Å². The van der Waals surface area contributed by atoms with Crippen LogP contribution in [0.4, 0.5) is 4.39 Å². The van der Waals surface area contributed by atoms with E-state index in [2.05, 4.69) is 5.10 Å². The number of aromatic nitrogens is 2. The maximum atomic E-state index is 13.9. The lowest BCUT2D eigenvalue weighted by atomic mass is 10.1. The van der Waals surface area contributed by atoms with Crippen LogP contribution in [0, 0.1) is 5.82 Å². The lowest BCUT2D eigenvalue weighted by Crippen LogP contribution is -2.22. The molecule has 2 N–H and O–H groups in total. The van der Waals surface area contributed by atoms with Gasteiger partial charge in [-0.2, -0.15) is 5.10 Å². The first kappa shape index (κ1) is 14.2. The average molecular weight is 276 g/mol. The van der Waals surface area contributed by atoms with Crippen molar-refractivity contribution in [2.75, 3.05) is 14.1 Å². The monoisotopic (exact) mass is 276 g/mol. The van der Waals surface area contributed by atoms with Gasteiger partial charge < -0.3 is 10.6 Å². The molecule has 6 heteroatoms. The maximum absolute atomic E-state index is 13.9. The van der Waals surface area contributed by atoms with Crippen molar-refractivity contribution < 1.29 is 9.18 Å². The highest BCUT2D eigenvalue weighted by Crippen LogP contribution is 2.23. The number of hydrogen-bond donors (Lipinski definition) is 1. The normalized spacial score (nSPS) is 12.2. The van der Waals surface area contributed by atoms with Gasteiger partial charge in [-0.1, -0.05) is 6.07 Å². The van der Waals surface area contributed by atoms with E-state index < -0.39 is 6.04 Å². The van der Waals surface area contributed by atoms with Crippen molar-refractivity contribution in [1.29, 1.82) is 0 Å². The van der Waals surface area contributed by atoms with Gasteiger partial charge in [-0.05, 0) is 25.1 Å². The molecule has 0 radical (unpaired) electrons. The van der Waals surface area contributed by atoms with Crippen molar-refractivity contribution in [3.63, 3.8) is 0 Å². The molecule has 0 saturated heterocycles. The van der Waals surface area contributed by atoms with Crippen LogP contribution in [0.1, 0.15) is 29.0 Å². The molecule has 1 atom stereocenters. The molecule has 2 aromatic rings. The number of carbonyl (C=O) groups is 1. The Balaban J connectivity index is 2.48. The Morgan fingerprint density at radius 1 is 1.40 bits per heavy atom. The Bertz CT molecular complexity index is 634. The largest absolute Gasteiger partial charge is 0.343 e. The second-order valence-corrected chi connectivity index (χ2v) is 4.81. The molecule has 1 amide bonds. The van der Waals surface area contributed by atoms with Gasteiger partial charge >= 0.3 is 0 Å². The van der Waals surface area contributed by atoms with E-state index in [0.29, 0.717) is 16.9 Å². The molecule has 0 unspecified atom stereocenters. The quantitative estimate of drug-likeness (QED) is 0.928. The van der Waals surface area contributed by atoms with Crippen molar-refractivity contribution in [3.05, 3.63) is 47.5 Å². The zero-order valence-electron chi connectivity index (χ0n) is 11.7. The number of amides is 1. The minimum Gasteiger partial charge on any atom is -0.343 e. The highest BCUT2D eigenvalue weighted by Gasteiger charge is 2.17. The lowest BCUT2D eigenvalue weighted by Gasteiger charge is -2.13. The van der Waals surface area contributed by atoms with Gasteiger partial charge in [0.1, 0.15) is 5.82 Å². The predicted octanol–water partition coefficient (Wildman–Crippen LogP) is 1.73. The van der Waals surface area contributed by atoms with Crippen LogP contribution < -0.4 is 5.73 Å². The first-order chi connectivity index (χ1) is 9.41. The summed E-state index contributed by atoms with van der Waals surface area (Å²) in [5.41, 5.74) is 7.03. The summed E-state index contributed by atoms with van der Waals surface area (Å²) in [4.78, 5) is 13.3. The molecule has 0 aliphatic heterocycles. The van der Waals surface area contributed by atoms with Crippen LogP contribution in [-0.2, 0) is 0 Å². The summed E-state index contributed by atoms with van der Waals surface area (Å²) >= 11 is 0. The fourth-order valence-corrected chi connectivity index (χ4v) is 1.98. The standard InChI is InChI=1S/C14H17FN4O/c1-9(16)13-10(15)5-4-6-12(13)19-8-7-11(17-19)14(20)18(2)3/h4-9H,16H2,1-3H3/t9-/m1/s1. The summed E-state index contributed by atoms with van der Waals surface area (Å²) in [6, 6.07) is 5.79. The van der Waals surface area contributed by atoms with E-state index in [0.717, 1.165) is 0 Å². The van der Waals surface area contributed by atoms with Gasteiger partial charge in [0.15, 0.2) is 5.69 Å². The van der Waals surface area contributed by atoms with E-state index in [1.165, 1.54) is 15.6 Å². The van der Waals surface area contributed by atoms with Gasteiger partial charge in [0, 0.05) is 31.9 Å². The summed E-state index contributed by atoms with van der Waals surface area (Å²) in [6.07, 6.45) is 1.62. The Hall–Kier alpha value is -2.21.